The second-order valence-electron chi connectivity index (χ2n) is 6.96. The van der Waals surface area contributed by atoms with E-state index in [2.05, 4.69) is 16.9 Å². The highest BCUT2D eigenvalue weighted by Crippen LogP contribution is 2.19. The van der Waals surface area contributed by atoms with E-state index >= 15 is 0 Å². The Morgan fingerprint density at radius 3 is 2.86 bits per heavy atom. The summed E-state index contributed by atoms with van der Waals surface area (Å²) < 4.78 is 5.48. The van der Waals surface area contributed by atoms with E-state index in [4.69, 9.17) is 4.74 Å². The summed E-state index contributed by atoms with van der Waals surface area (Å²) >= 11 is 0. The molecule has 0 radical (unpaired) electrons. The minimum absolute atomic E-state index is 0.205. The lowest BCUT2D eigenvalue weighted by Crippen LogP contribution is -2.49. The Hall–Kier alpha value is -1.62. The molecule has 1 aromatic heterocycles. The van der Waals surface area contributed by atoms with Crippen molar-refractivity contribution in [3.63, 3.8) is 0 Å². The van der Waals surface area contributed by atoms with Gasteiger partial charge in [0, 0.05) is 31.9 Å². The molecule has 1 amide bonds. The van der Waals surface area contributed by atoms with Gasteiger partial charge in [-0.25, -0.2) is 4.79 Å². The maximum absolute atomic E-state index is 12.2. The Kier molecular flexibility index (Phi) is 5.40. The molecule has 2 rings (SSSR count). The van der Waals surface area contributed by atoms with Gasteiger partial charge in [0.15, 0.2) is 0 Å². The normalized spacial score (nSPS) is 19.3. The minimum Gasteiger partial charge on any atom is -0.444 e. The first-order valence-corrected chi connectivity index (χ1v) is 7.93. The van der Waals surface area contributed by atoms with Gasteiger partial charge in [0.25, 0.3) is 0 Å². The van der Waals surface area contributed by atoms with Gasteiger partial charge in [0.05, 0.1) is 5.69 Å². The van der Waals surface area contributed by atoms with E-state index in [0.29, 0.717) is 6.04 Å². The number of aromatic nitrogens is 1. The molecule has 0 aliphatic carbocycles. The van der Waals surface area contributed by atoms with Gasteiger partial charge in [-0.1, -0.05) is 6.07 Å². The van der Waals surface area contributed by atoms with Crippen molar-refractivity contribution in [2.24, 2.45) is 0 Å². The van der Waals surface area contributed by atoms with Crippen molar-refractivity contribution in [2.45, 2.75) is 51.8 Å². The van der Waals surface area contributed by atoms with E-state index in [1.807, 2.05) is 50.1 Å². The number of carbonyl (C=O) groups is 1. The van der Waals surface area contributed by atoms with E-state index < -0.39 is 5.60 Å². The van der Waals surface area contributed by atoms with Gasteiger partial charge >= 0.3 is 6.09 Å². The van der Waals surface area contributed by atoms with Crippen molar-refractivity contribution in [1.82, 2.24) is 14.8 Å². The van der Waals surface area contributed by atoms with Crippen molar-refractivity contribution >= 4 is 6.09 Å². The average Bonchev–Trinajstić information content (AvgIpc) is 2.46. The third-order valence-electron chi connectivity index (χ3n) is 3.81. The van der Waals surface area contributed by atoms with Crippen LogP contribution in [-0.4, -0.2) is 52.7 Å². The third kappa shape index (κ3) is 4.98. The summed E-state index contributed by atoms with van der Waals surface area (Å²) in [6, 6.07) is 6.31. The number of amides is 1. The maximum Gasteiger partial charge on any atom is 0.410 e. The maximum atomic E-state index is 12.2. The molecule has 1 saturated heterocycles. The first kappa shape index (κ1) is 16.7. The Morgan fingerprint density at radius 2 is 2.23 bits per heavy atom. The number of likely N-dealkylation sites (tertiary alicyclic amines) is 1. The second kappa shape index (κ2) is 7.09. The van der Waals surface area contributed by atoms with Gasteiger partial charge in [0.2, 0.25) is 0 Å². The van der Waals surface area contributed by atoms with Gasteiger partial charge in [-0.05, 0) is 52.8 Å². The van der Waals surface area contributed by atoms with Gasteiger partial charge in [-0.3, -0.25) is 9.88 Å². The van der Waals surface area contributed by atoms with Crippen LogP contribution in [0, 0.1) is 0 Å². The molecule has 2 heterocycles. The van der Waals surface area contributed by atoms with Crippen molar-refractivity contribution in [3.05, 3.63) is 30.1 Å². The zero-order chi connectivity index (χ0) is 16.2. The molecule has 5 nitrogen and oxygen atoms in total. The van der Waals surface area contributed by atoms with Crippen LogP contribution in [0.3, 0.4) is 0 Å². The third-order valence-corrected chi connectivity index (χ3v) is 3.81. The highest BCUT2D eigenvalue weighted by atomic mass is 16.6. The quantitative estimate of drug-likeness (QED) is 0.861. The summed E-state index contributed by atoms with van der Waals surface area (Å²) in [4.78, 5) is 20.7. The highest BCUT2D eigenvalue weighted by molar-refractivity contribution is 5.68. The SMILES string of the molecule is CN(Cc1ccccn1)[C@@H]1CCCN(C(=O)OC(C)(C)C)C1. The second-order valence-corrected chi connectivity index (χ2v) is 6.96. The smallest absolute Gasteiger partial charge is 0.410 e. The molecular formula is C17H27N3O2. The van der Waals surface area contributed by atoms with Crippen molar-refractivity contribution in [1.29, 1.82) is 0 Å². The summed E-state index contributed by atoms with van der Waals surface area (Å²) in [6.45, 7) is 8.01. The summed E-state index contributed by atoms with van der Waals surface area (Å²) in [5.74, 6) is 0. The molecular weight excluding hydrogens is 278 g/mol. The molecule has 0 spiro atoms. The van der Waals surface area contributed by atoms with Crippen LogP contribution in [-0.2, 0) is 11.3 Å². The number of rotatable bonds is 3. The lowest BCUT2D eigenvalue weighted by atomic mass is 10.0. The van der Waals surface area contributed by atoms with Gasteiger partial charge < -0.3 is 9.64 Å². The Labute approximate surface area is 133 Å². The van der Waals surface area contributed by atoms with Gasteiger partial charge in [-0.2, -0.15) is 0 Å². The van der Waals surface area contributed by atoms with Crippen LogP contribution in [0.2, 0.25) is 0 Å². The summed E-state index contributed by atoms with van der Waals surface area (Å²) in [5.41, 5.74) is 0.614. The predicted octanol–water partition coefficient (Wildman–Crippen LogP) is 2.91. The first-order valence-electron chi connectivity index (χ1n) is 7.93. The molecule has 0 saturated carbocycles. The number of hydrogen-bond donors (Lipinski definition) is 0. The van der Waals surface area contributed by atoms with Crippen molar-refractivity contribution < 1.29 is 9.53 Å². The Morgan fingerprint density at radius 1 is 1.45 bits per heavy atom. The van der Waals surface area contributed by atoms with Crippen molar-refractivity contribution in [3.8, 4) is 0 Å². The summed E-state index contributed by atoms with van der Waals surface area (Å²) in [5, 5.41) is 0. The Bertz CT molecular complexity index is 484. The summed E-state index contributed by atoms with van der Waals surface area (Å²) in [7, 11) is 2.10. The van der Waals surface area contributed by atoms with Crippen LogP contribution < -0.4 is 0 Å². The molecule has 122 valence electrons. The molecule has 0 aromatic carbocycles. The van der Waals surface area contributed by atoms with Crippen LogP contribution in [0.4, 0.5) is 4.79 Å². The Balaban J connectivity index is 1.91. The highest BCUT2D eigenvalue weighted by Gasteiger charge is 2.29. The number of carbonyl (C=O) groups excluding carboxylic acids is 1. The zero-order valence-electron chi connectivity index (χ0n) is 14.1. The number of hydrogen-bond acceptors (Lipinski definition) is 4. The number of nitrogens with zero attached hydrogens (tertiary/aromatic N) is 3. The molecule has 22 heavy (non-hydrogen) atoms. The average molecular weight is 305 g/mol. The minimum atomic E-state index is -0.441. The lowest BCUT2D eigenvalue weighted by Gasteiger charge is -2.38. The van der Waals surface area contributed by atoms with Crippen molar-refractivity contribution in [2.75, 3.05) is 20.1 Å². The molecule has 1 aliphatic rings. The largest absolute Gasteiger partial charge is 0.444 e. The van der Waals surface area contributed by atoms with Crippen LogP contribution in [0.1, 0.15) is 39.3 Å². The van der Waals surface area contributed by atoms with Crippen LogP contribution in [0.15, 0.2) is 24.4 Å². The molecule has 5 heteroatoms. The predicted molar refractivity (Wildman–Crippen MR) is 86.5 cm³/mol. The van der Waals surface area contributed by atoms with E-state index in [9.17, 15) is 4.79 Å². The number of piperidine rings is 1. The van der Waals surface area contributed by atoms with Gasteiger partial charge in [-0.15, -0.1) is 0 Å². The first-order chi connectivity index (χ1) is 10.3. The topological polar surface area (TPSA) is 45.7 Å². The fourth-order valence-corrected chi connectivity index (χ4v) is 2.68. The van der Waals surface area contributed by atoms with E-state index in [0.717, 1.165) is 38.2 Å². The standard InChI is InChI=1S/C17H27N3O2/c1-17(2,3)22-16(21)20-11-7-9-15(13-20)19(4)12-14-8-5-6-10-18-14/h5-6,8,10,15H,7,9,11-13H2,1-4H3/t15-/m1/s1. The molecule has 0 bridgehead atoms. The van der Waals surface area contributed by atoms with Gasteiger partial charge in [0.1, 0.15) is 5.60 Å². The number of ether oxygens (including phenoxy) is 1. The number of likely N-dealkylation sites (N-methyl/N-ethyl adjacent to an activating group) is 1. The molecule has 0 N–H and O–H groups in total. The number of pyridine rings is 1. The monoisotopic (exact) mass is 305 g/mol. The van der Waals surface area contributed by atoms with Crippen LogP contribution in [0.5, 0.6) is 0 Å². The van der Waals surface area contributed by atoms with Crippen LogP contribution >= 0.6 is 0 Å². The van der Waals surface area contributed by atoms with E-state index in [-0.39, 0.29) is 6.09 Å². The molecule has 1 atom stereocenters. The molecule has 1 aliphatic heterocycles. The summed E-state index contributed by atoms with van der Waals surface area (Å²) in [6.07, 6.45) is 3.72. The fourth-order valence-electron chi connectivity index (χ4n) is 2.68. The molecule has 1 fully saturated rings. The van der Waals surface area contributed by atoms with E-state index in [1.54, 1.807) is 0 Å². The zero-order valence-corrected chi connectivity index (χ0v) is 14.1. The molecule has 1 aromatic rings. The molecule has 0 unspecified atom stereocenters. The van der Waals surface area contributed by atoms with E-state index in [1.165, 1.54) is 0 Å². The lowest BCUT2D eigenvalue weighted by molar-refractivity contribution is 0.0120. The van der Waals surface area contributed by atoms with Crippen LogP contribution in [0.25, 0.3) is 0 Å². The fraction of sp³-hybridized carbons (Fsp3) is 0.647.